The molecule has 6 heteroatoms. The number of likely N-dealkylation sites (tertiary alicyclic amines) is 1. The zero-order chi connectivity index (χ0) is 28.4. The maximum Gasteiger partial charge on any atom is 0.255 e. The predicted molar refractivity (Wildman–Crippen MR) is 160 cm³/mol. The predicted octanol–water partition coefficient (Wildman–Crippen LogP) is 5.16. The number of carbonyl (C=O) groups excluding carboxylic acids is 3. The minimum Gasteiger partial charge on any atom is -0.481 e. The Balaban J connectivity index is 0.996. The molecule has 2 bridgehead atoms. The fourth-order valence-electron chi connectivity index (χ4n) is 8.49. The molecule has 1 saturated heterocycles. The maximum absolute atomic E-state index is 13.5. The molecule has 3 aliphatic carbocycles. The lowest BCUT2D eigenvalue weighted by Gasteiger charge is -2.57. The smallest absolute Gasteiger partial charge is 0.255 e. The highest BCUT2D eigenvalue weighted by atomic mass is 16.5. The van der Waals surface area contributed by atoms with E-state index >= 15 is 0 Å². The fourth-order valence-corrected chi connectivity index (χ4v) is 8.49. The monoisotopic (exact) mass is 560 g/mol. The number of nitrogens with zero attached hydrogens (tertiary/aromatic N) is 1. The van der Waals surface area contributed by atoms with Gasteiger partial charge in [0.1, 0.15) is 12.0 Å². The third-order valence-corrected chi connectivity index (χ3v) is 10.7. The zero-order valence-corrected chi connectivity index (χ0v) is 23.8. The molecule has 6 nitrogen and oxygen atoms in total. The summed E-state index contributed by atoms with van der Waals surface area (Å²) in [4.78, 5) is 40.5. The summed E-state index contributed by atoms with van der Waals surface area (Å²) in [6.45, 7) is 2.72. The van der Waals surface area contributed by atoms with Crippen LogP contribution >= 0.6 is 0 Å². The minimum absolute atomic E-state index is 0.132. The van der Waals surface area contributed by atoms with Crippen LogP contribution in [-0.4, -0.2) is 54.7 Å². The molecular weight excluding hydrogens is 524 g/mol. The number of piperidine rings is 1. The average molecular weight is 561 g/mol. The Bertz CT molecular complexity index is 1580. The molecule has 2 aliphatic heterocycles. The molecule has 1 N–H and O–H groups in total. The summed E-state index contributed by atoms with van der Waals surface area (Å²) in [5, 5.41) is 3.12. The Morgan fingerprint density at radius 2 is 1.76 bits per heavy atom. The second-order valence-electron chi connectivity index (χ2n) is 13.0. The van der Waals surface area contributed by atoms with Gasteiger partial charge in [-0.25, -0.2) is 0 Å². The standard InChI is InChI=1S/C36H36N2O4/c39-21-24-5-9-26(10-6-24)25-7-3-22(4-8-25)15-17-37-35(41)28-12-11-27-19-30-29-13-14-31(40)34-36(29,32(27)33(28)42-34)16-18-38(30)20-23-1-2-23/h3-12,21,23,29-30,34H,1-2,13-20H2,(H,37,41)/t29-,30+,34?,36-/m0/s1. The molecule has 1 spiro atoms. The van der Waals surface area contributed by atoms with Crippen LogP contribution in [0, 0.1) is 11.8 Å². The number of hydrogen-bond donors (Lipinski definition) is 1. The molecule has 0 radical (unpaired) electrons. The number of amides is 1. The number of nitrogens with one attached hydrogen (secondary N) is 1. The number of Topliss-reactive ketones (excluding diaryl/α,β-unsaturated/α-hetero) is 1. The summed E-state index contributed by atoms with van der Waals surface area (Å²) in [6, 6.07) is 20.4. The molecule has 4 atom stereocenters. The maximum atomic E-state index is 13.5. The van der Waals surface area contributed by atoms with Crippen LogP contribution < -0.4 is 10.1 Å². The van der Waals surface area contributed by atoms with Gasteiger partial charge < -0.3 is 10.1 Å². The SMILES string of the molecule is O=Cc1ccc(-c2ccc(CCNC(=O)c3ccc4c5c3OC3C(=O)CC[C@H]6[C@@H](C4)N(CC4CC4)CC[C@]536)cc2)cc1. The van der Waals surface area contributed by atoms with Crippen molar-refractivity contribution in [1.29, 1.82) is 0 Å². The lowest BCUT2D eigenvalue weighted by atomic mass is 9.51. The van der Waals surface area contributed by atoms with Gasteiger partial charge in [-0.1, -0.05) is 54.6 Å². The lowest BCUT2D eigenvalue weighted by Crippen LogP contribution is -2.66. The molecule has 2 saturated carbocycles. The summed E-state index contributed by atoms with van der Waals surface area (Å²) in [6.07, 6.45) is 7.27. The zero-order valence-electron chi connectivity index (χ0n) is 23.8. The normalized spacial score (nSPS) is 27.2. The molecule has 214 valence electrons. The van der Waals surface area contributed by atoms with Gasteiger partial charge in [-0.3, -0.25) is 19.3 Å². The number of benzene rings is 3. The lowest BCUT2D eigenvalue weighted by molar-refractivity contribution is -0.138. The number of rotatable bonds is 8. The molecule has 8 rings (SSSR count). The van der Waals surface area contributed by atoms with Gasteiger partial charge in [-0.15, -0.1) is 0 Å². The van der Waals surface area contributed by atoms with Gasteiger partial charge >= 0.3 is 0 Å². The van der Waals surface area contributed by atoms with Crippen molar-refractivity contribution in [2.75, 3.05) is 19.6 Å². The topological polar surface area (TPSA) is 75.7 Å². The Kier molecular flexibility index (Phi) is 6.11. The molecule has 3 aromatic carbocycles. The van der Waals surface area contributed by atoms with E-state index in [1.165, 1.54) is 30.5 Å². The molecule has 0 aromatic heterocycles. The van der Waals surface area contributed by atoms with E-state index in [2.05, 4.69) is 40.5 Å². The second-order valence-corrected chi connectivity index (χ2v) is 13.0. The first-order valence-electron chi connectivity index (χ1n) is 15.6. The molecule has 2 heterocycles. The van der Waals surface area contributed by atoms with Crippen LogP contribution in [0.25, 0.3) is 11.1 Å². The van der Waals surface area contributed by atoms with Gasteiger partial charge in [-0.2, -0.15) is 0 Å². The summed E-state index contributed by atoms with van der Waals surface area (Å²) >= 11 is 0. The Labute approximate surface area is 246 Å². The van der Waals surface area contributed by atoms with Gasteiger partial charge in [0.25, 0.3) is 5.91 Å². The molecule has 5 aliphatic rings. The first-order chi connectivity index (χ1) is 20.5. The number of carbonyl (C=O) groups is 3. The van der Waals surface area contributed by atoms with Crippen LogP contribution in [0.1, 0.15) is 69.5 Å². The molecule has 3 fully saturated rings. The highest BCUT2D eigenvalue weighted by Gasteiger charge is 2.66. The van der Waals surface area contributed by atoms with Crippen LogP contribution in [0.2, 0.25) is 0 Å². The van der Waals surface area contributed by atoms with Crippen LogP contribution in [0.5, 0.6) is 5.75 Å². The minimum atomic E-state index is -0.446. The highest BCUT2D eigenvalue weighted by molar-refractivity contribution is 5.99. The quantitative estimate of drug-likeness (QED) is 0.386. The van der Waals surface area contributed by atoms with Crippen molar-refractivity contribution in [1.82, 2.24) is 10.2 Å². The molecule has 1 unspecified atom stereocenters. The van der Waals surface area contributed by atoms with E-state index in [4.69, 9.17) is 4.74 Å². The van der Waals surface area contributed by atoms with E-state index in [0.29, 0.717) is 48.2 Å². The number of ether oxygens (including phenoxy) is 1. The Hall–Kier alpha value is -3.77. The van der Waals surface area contributed by atoms with Crippen molar-refractivity contribution in [2.24, 2.45) is 11.8 Å². The van der Waals surface area contributed by atoms with E-state index < -0.39 is 6.10 Å². The summed E-state index contributed by atoms with van der Waals surface area (Å²) in [7, 11) is 0. The van der Waals surface area contributed by atoms with Crippen LogP contribution in [-0.2, 0) is 23.1 Å². The van der Waals surface area contributed by atoms with E-state index in [1.807, 2.05) is 30.3 Å². The number of hydrogen-bond acceptors (Lipinski definition) is 5. The van der Waals surface area contributed by atoms with Gasteiger partial charge in [0, 0.05) is 42.1 Å². The van der Waals surface area contributed by atoms with Crippen molar-refractivity contribution in [3.05, 3.63) is 88.5 Å². The van der Waals surface area contributed by atoms with Crippen molar-refractivity contribution in [3.8, 4) is 16.9 Å². The second kappa shape index (κ2) is 9.91. The first-order valence-corrected chi connectivity index (χ1v) is 15.6. The molecular formula is C36H36N2O4. The van der Waals surface area contributed by atoms with Crippen molar-refractivity contribution in [3.63, 3.8) is 0 Å². The van der Waals surface area contributed by atoms with Crippen LogP contribution in [0.15, 0.2) is 60.7 Å². The van der Waals surface area contributed by atoms with Crippen LogP contribution in [0.3, 0.4) is 0 Å². The van der Waals surface area contributed by atoms with Gasteiger partial charge in [-0.05, 0) is 85.2 Å². The molecule has 3 aromatic rings. The fraction of sp³-hybridized carbons (Fsp3) is 0.417. The molecule has 42 heavy (non-hydrogen) atoms. The van der Waals surface area contributed by atoms with Gasteiger partial charge in [0.2, 0.25) is 0 Å². The van der Waals surface area contributed by atoms with E-state index in [1.54, 1.807) is 0 Å². The third kappa shape index (κ3) is 4.06. The Morgan fingerprint density at radius 1 is 1.00 bits per heavy atom. The van der Waals surface area contributed by atoms with Crippen LogP contribution in [0.4, 0.5) is 0 Å². The first kappa shape index (κ1) is 25.9. The highest BCUT2D eigenvalue weighted by Crippen LogP contribution is 2.62. The number of aldehydes is 1. The summed E-state index contributed by atoms with van der Waals surface area (Å²) < 4.78 is 6.56. The van der Waals surface area contributed by atoms with E-state index in [9.17, 15) is 14.4 Å². The molecule has 1 amide bonds. The Morgan fingerprint density at radius 3 is 2.50 bits per heavy atom. The summed E-state index contributed by atoms with van der Waals surface area (Å²) in [5.74, 6) is 2.02. The van der Waals surface area contributed by atoms with E-state index in [-0.39, 0.29) is 17.1 Å². The van der Waals surface area contributed by atoms with Crippen molar-refractivity contribution >= 4 is 18.0 Å². The van der Waals surface area contributed by atoms with Gasteiger partial charge in [0.15, 0.2) is 11.9 Å². The summed E-state index contributed by atoms with van der Waals surface area (Å²) in [5.41, 5.74) is 6.70. The third-order valence-electron chi connectivity index (χ3n) is 10.7. The number of ketones is 1. The van der Waals surface area contributed by atoms with Crippen molar-refractivity contribution < 1.29 is 19.1 Å². The largest absolute Gasteiger partial charge is 0.481 e. The average Bonchev–Trinajstić information content (AvgIpc) is 3.77. The van der Waals surface area contributed by atoms with Crippen molar-refractivity contribution in [2.45, 2.75) is 62.5 Å². The van der Waals surface area contributed by atoms with Gasteiger partial charge in [0.05, 0.1) is 5.56 Å². The van der Waals surface area contributed by atoms with E-state index in [0.717, 1.165) is 54.7 Å².